The summed E-state index contributed by atoms with van der Waals surface area (Å²) in [6, 6.07) is 13.3. The Hall–Kier alpha value is -2.95. The number of thioether (sulfide) groups is 1. The van der Waals surface area contributed by atoms with Crippen LogP contribution in [0.15, 0.2) is 47.4 Å². The molecule has 2 heterocycles. The number of nitriles is 1. The van der Waals surface area contributed by atoms with E-state index in [0.29, 0.717) is 16.3 Å². The van der Waals surface area contributed by atoms with Crippen LogP contribution in [0.2, 0.25) is 5.02 Å². The van der Waals surface area contributed by atoms with E-state index in [1.54, 1.807) is 30.3 Å². The van der Waals surface area contributed by atoms with Crippen molar-refractivity contribution in [3.63, 3.8) is 0 Å². The number of aromatic nitrogens is 1. The Morgan fingerprint density at radius 2 is 1.93 bits per heavy atom. The molecule has 1 aliphatic rings. The van der Waals surface area contributed by atoms with Crippen molar-refractivity contribution in [3.05, 3.63) is 70.0 Å². The van der Waals surface area contributed by atoms with E-state index >= 15 is 0 Å². The van der Waals surface area contributed by atoms with Crippen molar-refractivity contribution >= 4 is 34.9 Å². The summed E-state index contributed by atoms with van der Waals surface area (Å²) in [5.41, 5.74) is 13.7. The standard InChI is InChI=1S/C19H12ClFN4OS/c20-9-1-6-14-12(7-9)17(27-11-4-2-10(21)3-5-11)15-16(23)13(8-22)18(24)25-19(15)26-14/h1-7,17H,(H4,23,24,25). The minimum absolute atomic E-state index is 0.0108. The lowest BCUT2D eigenvalue weighted by Crippen LogP contribution is -2.14. The number of nitrogens with two attached hydrogens (primary N) is 2. The summed E-state index contributed by atoms with van der Waals surface area (Å²) in [5.74, 6) is 0.508. The molecule has 8 heteroatoms. The van der Waals surface area contributed by atoms with Crippen LogP contribution in [0.3, 0.4) is 0 Å². The van der Waals surface area contributed by atoms with Crippen LogP contribution in [0.1, 0.15) is 21.9 Å². The van der Waals surface area contributed by atoms with Crippen molar-refractivity contribution in [2.24, 2.45) is 0 Å². The second-order valence-electron chi connectivity index (χ2n) is 5.85. The Morgan fingerprint density at radius 1 is 1.19 bits per heavy atom. The van der Waals surface area contributed by atoms with Crippen molar-refractivity contribution in [1.82, 2.24) is 4.98 Å². The van der Waals surface area contributed by atoms with Gasteiger partial charge in [-0.2, -0.15) is 10.2 Å². The van der Waals surface area contributed by atoms with Crippen molar-refractivity contribution in [1.29, 1.82) is 5.26 Å². The fourth-order valence-electron chi connectivity index (χ4n) is 2.91. The molecule has 2 aromatic carbocycles. The third-order valence-corrected chi connectivity index (χ3v) is 5.68. The molecule has 0 aliphatic carbocycles. The van der Waals surface area contributed by atoms with Gasteiger partial charge >= 0.3 is 0 Å². The third kappa shape index (κ3) is 3.03. The lowest BCUT2D eigenvalue weighted by Gasteiger charge is -2.29. The van der Waals surface area contributed by atoms with Crippen LogP contribution >= 0.6 is 23.4 Å². The maximum atomic E-state index is 13.3. The predicted octanol–water partition coefficient (Wildman–Crippen LogP) is 4.90. The van der Waals surface area contributed by atoms with E-state index in [1.165, 1.54) is 23.9 Å². The molecule has 0 spiro atoms. The largest absolute Gasteiger partial charge is 0.438 e. The number of nitrogens with zero attached hydrogens (tertiary/aromatic N) is 2. The van der Waals surface area contributed by atoms with Gasteiger partial charge in [0, 0.05) is 15.5 Å². The zero-order valence-corrected chi connectivity index (χ0v) is 15.3. The smallest absolute Gasteiger partial charge is 0.228 e. The number of benzene rings is 2. The molecular formula is C19H12ClFN4OS. The van der Waals surface area contributed by atoms with Gasteiger partial charge in [-0.15, -0.1) is 11.8 Å². The molecular weight excluding hydrogens is 387 g/mol. The topological polar surface area (TPSA) is 98.0 Å². The van der Waals surface area contributed by atoms with E-state index in [4.69, 9.17) is 27.8 Å². The van der Waals surface area contributed by atoms with Crippen LogP contribution < -0.4 is 16.2 Å². The van der Waals surface area contributed by atoms with Crippen molar-refractivity contribution in [2.45, 2.75) is 10.1 Å². The van der Waals surface area contributed by atoms with Crippen LogP contribution in [0, 0.1) is 17.1 Å². The molecule has 0 amide bonds. The summed E-state index contributed by atoms with van der Waals surface area (Å²) in [5, 5.41) is 9.57. The first-order valence-electron chi connectivity index (χ1n) is 7.86. The Bertz CT molecular complexity index is 1100. The first kappa shape index (κ1) is 17.5. The van der Waals surface area contributed by atoms with Crippen molar-refractivity contribution in [3.8, 4) is 17.7 Å². The number of nitrogen functional groups attached to an aromatic ring is 2. The molecule has 1 atom stereocenters. The first-order chi connectivity index (χ1) is 13.0. The summed E-state index contributed by atoms with van der Waals surface area (Å²) in [6.45, 7) is 0. The molecule has 5 nitrogen and oxygen atoms in total. The molecule has 1 aliphatic heterocycles. The Morgan fingerprint density at radius 3 is 2.63 bits per heavy atom. The molecule has 1 unspecified atom stereocenters. The Balaban J connectivity index is 1.92. The quantitative estimate of drug-likeness (QED) is 0.637. The lowest BCUT2D eigenvalue weighted by atomic mass is 9.98. The highest BCUT2D eigenvalue weighted by Gasteiger charge is 2.33. The first-order valence-corrected chi connectivity index (χ1v) is 9.12. The fourth-order valence-corrected chi connectivity index (χ4v) is 4.31. The predicted molar refractivity (Wildman–Crippen MR) is 103 cm³/mol. The van der Waals surface area contributed by atoms with Crippen LogP contribution in [-0.2, 0) is 0 Å². The molecule has 4 N–H and O–H groups in total. The molecule has 134 valence electrons. The van der Waals surface area contributed by atoms with Gasteiger partial charge in [0.25, 0.3) is 0 Å². The van der Waals surface area contributed by atoms with Gasteiger partial charge in [-0.1, -0.05) is 11.6 Å². The van der Waals surface area contributed by atoms with Gasteiger partial charge < -0.3 is 16.2 Å². The van der Waals surface area contributed by atoms with Crippen LogP contribution in [0.5, 0.6) is 11.6 Å². The summed E-state index contributed by atoms with van der Waals surface area (Å²) in [4.78, 5) is 5.03. The summed E-state index contributed by atoms with van der Waals surface area (Å²) in [7, 11) is 0. The number of ether oxygens (including phenoxy) is 1. The van der Waals surface area contributed by atoms with Gasteiger partial charge in [-0.05, 0) is 42.5 Å². The van der Waals surface area contributed by atoms with Crippen molar-refractivity contribution in [2.75, 3.05) is 11.5 Å². The van der Waals surface area contributed by atoms with E-state index in [2.05, 4.69) is 4.98 Å². The summed E-state index contributed by atoms with van der Waals surface area (Å²) < 4.78 is 19.1. The molecule has 3 aromatic rings. The van der Waals surface area contributed by atoms with E-state index < -0.39 is 0 Å². The number of rotatable bonds is 2. The monoisotopic (exact) mass is 398 g/mol. The zero-order chi connectivity index (χ0) is 19.1. The highest BCUT2D eigenvalue weighted by molar-refractivity contribution is 7.99. The molecule has 0 radical (unpaired) electrons. The fraction of sp³-hybridized carbons (Fsp3) is 0.0526. The van der Waals surface area contributed by atoms with Gasteiger partial charge in [0.1, 0.15) is 29.0 Å². The van der Waals surface area contributed by atoms with E-state index in [0.717, 1.165) is 10.5 Å². The summed E-state index contributed by atoms with van der Waals surface area (Å²) in [6.07, 6.45) is 0. The average molecular weight is 399 g/mol. The van der Waals surface area contributed by atoms with Gasteiger partial charge in [-0.3, -0.25) is 0 Å². The lowest BCUT2D eigenvalue weighted by molar-refractivity contribution is 0.441. The zero-order valence-electron chi connectivity index (χ0n) is 13.7. The second-order valence-corrected chi connectivity index (χ2v) is 7.47. The van der Waals surface area contributed by atoms with Gasteiger partial charge in [0.05, 0.1) is 16.5 Å². The third-order valence-electron chi connectivity index (χ3n) is 4.17. The maximum Gasteiger partial charge on any atom is 0.228 e. The van der Waals surface area contributed by atoms with E-state index in [1.807, 2.05) is 6.07 Å². The van der Waals surface area contributed by atoms with Gasteiger partial charge in [0.2, 0.25) is 5.88 Å². The van der Waals surface area contributed by atoms with Gasteiger partial charge in [-0.25, -0.2) is 4.39 Å². The highest BCUT2D eigenvalue weighted by Crippen LogP contribution is 2.54. The molecule has 0 saturated carbocycles. The molecule has 4 rings (SSSR count). The van der Waals surface area contributed by atoms with Crippen LogP contribution in [0.4, 0.5) is 15.9 Å². The second kappa shape index (κ2) is 6.65. The number of fused-ring (bicyclic) bond motifs is 2. The summed E-state index contributed by atoms with van der Waals surface area (Å²) >= 11 is 7.61. The number of halogens is 2. The molecule has 0 saturated heterocycles. The Kier molecular flexibility index (Phi) is 4.30. The molecule has 0 fully saturated rings. The molecule has 1 aromatic heterocycles. The molecule has 0 bridgehead atoms. The maximum absolute atomic E-state index is 13.3. The van der Waals surface area contributed by atoms with Crippen LogP contribution in [0.25, 0.3) is 0 Å². The number of pyridine rings is 1. The van der Waals surface area contributed by atoms with Crippen molar-refractivity contribution < 1.29 is 9.13 Å². The Labute approximate surface area is 163 Å². The molecule has 27 heavy (non-hydrogen) atoms. The number of anilines is 2. The van der Waals surface area contributed by atoms with Gasteiger partial charge in [0.15, 0.2) is 0 Å². The number of hydrogen-bond donors (Lipinski definition) is 2. The number of hydrogen-bond acceptors (Lipinski definition) is 6. The average Bonchev–Trinajstić information content (AvgIpc) is 2.64. The van der Waals surface area contributed by atoms with Crippen LogP contribution in [-0.4, -0.2) is 4.98 Å². The van der Waals surface area contributed by atoms with E-state index in [9.17, 15) is 9.65 Å². The normalized spacial score (nSPS) is 14.6. The SMILES string of the molecule is N#Cc1c(N)nc2c(c1N)C(Sc1ccc(F)cc1)c1cc(Cl)ccc1O2. The van der Waals surface area contributed by atoms with E-state index in [-0.39, 0.29) is 34.0 Å². The minimum Gasteiger partial charge on any atom is -0.438 e. The highest BCUT2D eigenvalue weighted by atomic mass is 35.5. The minimum atomic E-state index is -0.354.